The molecule has 2 fully saturated rings. The molecule has 2 aliphatic heterocycles. The molecule has 1 N–H and O–H groups in total. The first kappa shape index (κ1) is 20.5. The van der Waals surface area contributed by atoms with Gasteiger partial charge >= 0.3 is 11.9 Å². The van der Waals surface area contributed by atoms with Gasteiger partial charge in [0.1, 0.15) is 6.04 Å². The van der Waals surface area contributed by atoms with Crippen LogP contribution in [0.15, 0.2) is 30.3 Å². The topological polar surface area (TPSA) is 80.6 Å². The van der Waals surface area contributed by atoms with Crippen molar-refractivity contribution in [3.8, 4) is 0 Å². The van der Waals surface area contributed by atoms with Crippen LogP contribution in [0.4, 0.5) is 5.69 Å². The van der Waals surface area contributed by atoms with Crippen LogP contribution >= 0.6 is 11.8 Å². The lowest BCUT2D eigenvalue weighted by molar-refractivity contribution is -0.892. The van der Waals surface area contributed by atoms with Crippen LogP contribution in [0, 0.1) is 0 Å². The lowest BCUT2D eigenvalue weighted by Gasteiger charge is -2.34. The molecule has 2 heterocycles. The number of carbonyl (C=O) groups excluding carboxylic acids is 3. The summed E-state index contributed by atoms with van der Waals surface area (Å²) in [6.07, 6.45) is 0. The van der Waals surface area contributed by atoms with Gasteiger partial charge in [0.15, 0.2) is 11.9 Å². The van der Waals surface area contributed by atoms with Crippen molar-refractivity contribution in [2.24, 2.45) is 0 Å². The summed E-state index contributed by atoms with van der Waals surface area (Å²) in [6, 6.07) is 9.44. The van der Waals surface area contributed by atoms with E-state index in [1.165, 1.54) is 36.6 Å². The summed E-state index contributed by atoms with van der Waals surface area (Å²) in [4.78, 5) is 41.9. The fourth-order valence-corrected chi connectivity index (χ4v) is 4.93. The van der Waals surface area contributed by atoms with Crippen molar-refractivity contribution in [2.75, 3.05) is 57.6 Å². The van der Waals surface area contributed by atoms with Crippen LogP contribution in [0.5, 0.6) is 0 Å². The van der Waals surface area contributed by atoms with Crippen molar-refractivity contribution in [3.05, 3.63) is 30.3 Å². The highest BCUT2D eigenvalue weighted by Gasteiger charge is 2.47. The molecule has 8 nitrogen and oxygen atoms in total. The van der Waals surface area contributed by atoms with E-state index in [-0.39, 0.29) is 12.5 Å². The van der Waals surface area contributed by atoms with Crippen molar-refractivity contribution >= 4 is 35.3 Å². The van der Waals surface area contributed by atoms with Crippen molar-refractivity contribution in [2.45, 2.75) is 11.4 Å². The van der Waals surface area contributed by atoms with Crippen molar-refractivity contribution in [1.29, 1.82) is 0 Å². The fourth-order valence-electron chi connectivity index (χ4n) is 3.61. The number of rotatable bonds is 5. The molecule has 2 saturated heterocycles. The zero-order valence-corrected chi connectivity index (χ0v) is 16.9. The summed E-state index contributed by atoms with van der Waals surface area (Å²) in [7, 11) is 2.57. The summed E-state index contributed by atoms with van der Waals surface area (Å²) >= 11 is 1.24. The van der Waals surface area contributed by atoms with Crippen LogP contribution < -0.4 is 9.80 Å². The maximum Gasteiger partial charge on any atom is 0.339 e. The zero-order chi connectivity index (χ0) is 20.1. The minimum atomic E-state index is -0.799. The van der Waals surface area contributed by atoms with Crippen LogP contribution in [0.2, 0.25) is 0 Å². The van der Waals surface area contributed by atoms with Gasteiger partial charge in [-0.2, -0.15) is 0 Å². The van der Waals surface area contributed by atoms with Gasteiger partial charge in [-0.15, -0.1) is 11.8 Å². The Kier molecular flexibility index (Phi) is 6.79. The van der Waals surface area contributed by atoms with E-state index >= 15 is 0 Å². The van der Waals surface area contributed by atoms with E-state index in [1.807, 2.05) is 18.2 Å². The van der Waals surface area contributed by atoms with Crippen LogP contribution in [0.3, 0.4) is 0 Å². The molecule has 1 aromatic rings. The monoisotopic (exact) mass is 408 g/mol. The van der Waals surface area contributed by atoms with Gasteiger partial charge in [0.25, 0.3) is 5.91 Å². The lowest BCUT2D eigenvalue weighted by atomic mass is 10.2. The molecule has 2 atom stereocenters. The highest BCUT2D eigenvalue weighted by Crippen LogP contribution is 2.30. The maximum absolute atomic E-state index is 13.0. The van der Waals surface area contributed by atoms with Gasteiger partial charge in [-0.3, -0.25) is 4.79 Å². The molecule has 0 bridgehead atoms. The molecule has 0 spiro atoms. The van der Waals surface area contributed by atoms with E-state index in [2.05, 4.69) is 17.0 Å². The molecule has 0 aliphatic carbocycles. The molecule has 0 saturated carbocycles. The van der Waals surface area contributed by atoms with Crippen molar-refractivity contribution in [3.63, 3.8) is 0 Å². The third kappa shape index (κ3) is 4.41. The van der Waals surface area contributed by atoms with Crippen LogP contribution in [-0.4, -0.2) is 86.9 Å². The van der Waals surface area contributed by atoms with E-state index in [1.54, 1.807) is 0 Å². The first-order valence-corrected chi connectivity index (χ1v) is 10.3. The Balaban J connectivity index is 1.62. The third-order valence-electron chi connectivity index (χ3n) is 5.16. The number of ether oxygens (including phenoxy) is 2. The van der Waals surface area contributed by atoms with Crippen molar-refractivity contribution < 1.29 is 28.8 Å². The van der Waals surface area contributed by atoms with Gasteiger partial charge in [-0.1, -0.05) is 18.2 Å². The minimum Gasteiger partial charge on any atom is -0.467 e. The predicted octanol–water partition coefficient (Wildman–Crippen LogP) is -0.992. The Hall–Kier alpha value is -2.26. The van der Waals surface area contributed by atoms with Gasteiger partial charge in [0, 0.05) is 11.4 Å². The number of hydrogen-bond acceptors (Lipinski definition) is 7. The Morgan fingerprint density at radius 3 is 2.32 bits per heavy atom. The molecule has 3 rings (SSSR count). The molecule has 9 heteroatoms. The van der Waals surface area contributed by atoms with E-state index in [0.717, 1.165) is 31.1 Å². The van der Waals surface area contributed by atoms with E-state index in [4.69, 9.17) is 9.47 Å². The summed E-state index contributed by atoms with van der Waals surface area (Å²) < 4.78 is 9.63. The lowest BCUT2D eigenvalue weighted by Crippen LogP contribution is -3.16. The second-order valence-electron chi connectivity index (χ2n) is 6.80. The summed E-state index contributed by atoms with van der Waals surface area (Å²) in [6.45, 7) is 3.56. The second-order valence-corrected chi connectivity index (χ2v) is 7.91. The number of methoxy groups -OCH3 is 2. The number of quaternary nitrogens is 1. The standard InChI is InChI=1S/C19H25N3O5S/c1-26-18(24)15-13-28-17(19(25)27-2)22(15)16(23)12-20-8-10-21(11-9-20)14-6-4-3-5-7-14/h3-7,15,17H,8-13H2,1-2H3/p+1/t15-,17+/m0/s1. The molecule has 152 valence electrons. The summed E-state index contributed by atoms with van der Waals surface area (Å²) in [5.74, 6) is -0.918. The average molecular weight is 409 g/mol. The Morgan fingerprint density at radius 1 is 1.07 bits per heavy atom. The van der Waals surface area contributed by atoms with E-state index in [9.17, 15) is 14.4 Å². The number of nitrogens with zero attached hydrogens (tertiary/aromatic N) is 2. The second kappa shape index (κ2) is 9.29. The first-order valence-electron chi connectivity index (χ1n) is 9.27. The van der Waals surface area contributed by atoms with Crippen molar-refractivity contribution in [1.82, 2.24) is 4.90 Å². The molecule has 1 amide bonds. The van der Waals surface area contributed by atoms with Crippen LogP contribution in [-0.2, 0) is 23.9 Å². The average Bonchev–Trinajstić information content (AvgIpc) is 3.19. The van der Waals surface area contributed by atoms with Gasteiger partial charge in [0.2, 0.25) is 0 Å². The number of piperazine rings is 1. The summed E-state index contributed by atoms with van der Waals surface area (Å²) in [5, 5.41) is -0.799. The number of anilines is 1. The minimum absolute atomic E-state index is 0.223. The number of amides is 1. The fraction of sp³-hybridized carbons (Fsp3) is 0.526. The quantitative estimate of drug-likeness (QED) is 0.627. The molecule has 0 aromatic heterocycles. The number of para-hydroxylation sites is 1. The Labute approximate surface area is 168 Å². The largest absolute Gasteiger partial charge is 0.467 e. The van der Waals surface area contributed by atoms with Crippen LogP contribution in [0.25, 0.3) is 0 Å². The Bertz CT molecular complexity index is 685. The number of benzene rings is 1. The molecule has 1 aromatic carbocycles. The van der Waals surface area contributed by atoms with Gasteiger partial charge < -0.3 is 24.2 Å². The van der Waals surface area contributed by atoms with Gasteiger partial charge in [-0.25, -0.2) is 9.59 Å². The number of thioether (sulfide) groups is 1. The first-order chi connectivity index (χ1) is 13.5. The predicted molar refractivity (Wildman–Crippen MR) is 105 cm³/mol. The smallest absolute Gasteiger partial charge is 0.339 e. The maximum atomic E-state index is 13.0. The van der Waals surface area contributed by atoms with E-state index < -0.39 is 23.4 Å². The zero-order valence-electron chi connectivity index (χ0n) is 16.1. The van der Waals surface area contributed by atoms with Gasteiger partial charge in [-0.05, 0) is 12.1 Å². The molecule has 0 radical (unpaired) electrons. The molecule has 0 unspecified atom stereocenters. The molecule has 28 heavy (non-hydrogen) atoms. The van der Waals surface area contributed by atoms with E-state index in [0.29, 0.717) is 5.75 Å². The normalized spacial score (nSPS) is 22.8. The highest BCUT2D eigenvalue weighted by molar-refractivity contribution is 8.00. The Morgan fingerprint density at radius 2 is 1.71 bits per heavy atom. The SMILES string of the molecule is COC(=O)[C@H]1SC[C@@H](C(=O)OC)N1C(=O)C[NH+]1CCN(c2ccccc2)CC1. The highest BCUT2D eigenvalue weighted by atomic mass is 32.2. The number of hydrogen-bond donors (Lipinski definition) is 1. The molecular formula is C19H26N3O5S+. The molecule has 2 aliphatic rings. The third-order valence-corrected chi connectivity index (χ3v) is 6.40. The number of carbonyl (C=O) groups is 3. The van der Waals surface area contributed by atoms with Gasteiger partial charge in [0.05, 0.1) is 40.4 Å². The number of esters is 2. The summed E-state index contributed by atoms with van der Waals surface area (Å²) in [5.41, 5.74) is 1.18. The van der Waals surface area contributed by atoms with Crippen LogP contribution in [0.1, 0.15) is 0 Å². The molecular weight excluding hydrogens is 382 g/mol. The number of nitrogens with one attached hydrogen (secondary N) is 1.